The second-order valence-corrected chi connectivity index (χ2v) is 11.2. The van der Waals surface area contributed by atoms with Crippen molar-refractivity contribution in [1.29, 1.82) is 0 Å². The number of nitrogens with zero attached hydrogens (tertiary/aromatic N) is 2. The van der Waals surface area contributed by atoms with E-state index in [0.717, 1.165) is 30.6 Å². The average Bonchev–Trinajstić information content (AvgIpc) is 3.44. The SMILES string of the molecule is O=C(c1ccc(Br)cc1NS(=O)(=O)c1ccc(-c2cc(C(F)(F)F)on2)s1)N1CCCCC1. The molecule has 0 atom stereocenters. The van der Waals surface area contributed by atoms with Crippen molar-refractivity contribution >= 4 is 48.9 Å². The Bertz CT molecular complexity index is 1280. The second kappa shape index (κ2) is 9.11. The lowest BCUT2D eigenvalue weighted by Gasteiger charge is -2.27. The molecule has 1 aliphatic rings. The van der Waals surface area contributed by atoms with Gasteiger partial charge in [-0.05, 0) is 49.6 Å². The molecule has 0 spiro atoms. The van der Waals surface area contributed by atoms with Crippen LogP contribution in [0.3, 0.4) is 0 Å². The van der Waals surface area contributed by atoms with E-state index < -0.39 is 22.0 Å². The van der Waals surface area contributed by atoms with Crippen LogP contribution in [0.25, 0.3) is 10.6 Å². The maximum Gasteiger partial charge on any atom is 0.452 e. The lowest BCUT2D eigenvalue weighted by Crippen LogP contribution is -2.36. The van der Waals surface area contributed by atoms with E-state index in [9.17, 15) is 26.4 Å². The Morgan fingerprint density at radius 1 is 1.12 bits per heavy atom. The summed E-state index contributed by atoms with van der Waals surface area (Å²) in [5.74, 6) is -1.54. The zero-order valence-corrected chi connectivity index (χ0v) is 20.1. The molecular formula is C20H17BrF3N3O4S2. The van der Waals surface area contributed by atoms with Crippen LogP contribution in [0.4, 0.5) is 18.9 Å². The van der Waals surface area contributed by atoms with Gasteiger partial charge < -0.3 is 9.42 Å². The van der Waals surface area contributed by atoms with Crippen molar-refractivity contribution in [3.63, 3.8) is 0 Å². The van der Waals surface area contributed by atoms with E-state index in [1.807, 2.05) is 0 Å². The number of sulfonamides is 1. The smallest absolute Gasteiger partial charge is 0.351 e. The number of likely N-dealkylation sites (tertiary alicyclic amines) is 1. The second-order valence-electron chi connectivity index (χ2n) is 7.34. The first-order chi connectivity index (χ1) is 15.5. The summed E-state index contributed by atoms with van der Waals surface area (Å²) in [6, 6.07) is 8.01. The molecule has 1 aromatic carbocycles. The lowest BCUT2D eigenvalue weighted by molar-refractivity contribution is -0.155. The van der Waals surface area contributed by atoms with Gasteiger partial charge in [0.05, 0.1) is 16.1 Å². The van der Waals surface area contributed by atoms with Gasteiger partial charge in [-0.25, -0.2) is 8.42 Å². The Kier molecular flexibility index (Phi) is 6.56. The summed E-state index contributed by atoms with van der Waals surface area (Å²) in [5.41, 5.74) is 0.194. The first-order valence-corrected chi connectivity index (χ1v) is 12.9. The van der Waals surface area contributed by atoms with E-state index in [0.29, 0.717) is 23.6 Å². The van der Waals surface area contributed by atoms with E-state index in [1.165, 1.54) is 18.2 Å². The number of benzene rings is 1. The third kappa shape index (κ3) is 5.25. The highest BCUT2D eigenvalue weighted by Crippen LogP contribution is 2.36. The predicted octanol–water partition coefficient (Wildman–Crippen LogP) is 5.61. The third-order valence-electron chi connectivity index (χ3n) is 4.99. The molecule has 176 valence electrons. The van der Waals surface area contributed by atoms with Gasteiger partial charge in [0, 0.05) is 23.6 Å². The maximum absolute atomic E-state index is 13.0. The van der Waals surface area contributed by atoms with Crippen LogP contribution in [0, 0.1) is 0 Å². The first kappa shape index (κ1) is 23.8. The highest BCUT2D eigenvalue weighted by molar-refractivity contribution is 9.10. The van der Waals surface area contributed by atoms with Crippen LogP contribution in [0.15, 0.2) is 49.6 Å². The van der Waals surface area contributed by atoms with E-state index in [4.69, 9.17) is 0 Å². The Balaban J connectivity index is 1.60. The molecule has 1 saturated heterocycles. The van der Waals surface area contributed by atoms with E-state index in [2.05, 4.69) is 30.3 Å². The zero-order valence-electron chi connectivity index (χ0n) is 16.9. The molecule has 0 aliphatic carbocycles. The number of carbonyl (C=O) groups excluding carboxylic acids is 1. The average molecular weight is 564 g/mol. The molecule has 3 heterocycles. The highest BCUT2D eigenvalue weighted by Gasteiger charge is 2.36. The van der Waals surface area contributed by atoms with Crippen LogP contribution in [-0.4, -0.2) is 37.5 Å². The first-order valence-electron chi connectivity index (χ1n) is 9.80. The predicted molar refractivity (Wildman–Crippen MR) is 120 cm³/mol. The fraction of sp³-hybridized carbons (Fsp3) is 0.300. The summed E-state index contributed by atoms with van der Waals surface area (Å²) in [6.45, 7) is 1.21. The van der Waals surface area contributed by atoms with Gasteiger partial charge in [0.1, 0.15) is 9.90 Å². The Morgan fingerprint density at radius 3 is 2.52 bits per heavy atom. The number of halogens is 4. The summed E-state index contributed by atoms with van der Waals surface area (Å²) < 4.78 is 71.4. The fourth-order valence-corrected chi connectivity index (χ4v) is 6.07. The van der Waals surface area contributed by atoms with Gasteiger partial charge in [-0.1, -0.05) is 21.1 Å². The monoisotopic (exact) mass is 563 g/mol. The number of piperidine rings is 1. The number of nitrogens with one attached hydrogen (secondary N) is 1. The number of hydrogen-bond acceptors (Lipinski definition) is 6. The molecule has 2 aromatic heterocycles. The van der Waals surface area contributed by atoms with Crippen LogP contribution in [0.2, 0.25) is 0 Å². The minimum Gasteiger partial charge on any atom is -0.351 e. The third-order valence-corrected chi connectivity index (χ3v) is 8.45. The van der Waals surface area contributed by atoms with Gasteiger partial charge >= 0.3 is 6.18 Å². The zero-order chi connectivity index (χ0) is 23.8. The van der Waals surface area contributed by atoms with Gasteiger partial charge in [-0.2, -0.15) is 13.2 Å². The normalized spacial score (nSPS) is 15.0. The van der Waals surface area contributed by atoms with Crippen LogP contribution >= 0.6 is 27.3 Å². The van der Waals surface area contributed by atoms with Crippen molar-refractivity contribution in [2.45, 2.75) is 29.6 Å². The number of rotatable bonds is 5. The maximum atomic E-state index is 13.0. The molecule has 33 heavy (non-hydrogen) atoms. The number of thiophene rings is 1. The molecular weight excluding hydrogens is 547 g/mol. The molecule has 0 bridgehead atoms. The molecule has 0 unspecified atom stereocenters. The van der Waals surface area contributed by atoms with E-state index >= 15 is 0 Å². The van der Waals surface area contributed by atoms with Gasteiger partial charge in [-0.3, -0.25) is 9.52 Å². The number of carbonyl (C=O) groups is 1. The number of aromatic nitrogens is 1. The van der Waals surface area contributed by atoms with Crippen LogP contribution in [0.1, 0.15) is 35.4 Å². The van der Waals surface area contributed by atoms with Gasteiger partial charge in [0.25, 0.3) is 15.9 Å². The summed E-state index contributed by atoms with van der Waals surface area (Å²) in [5, 5.41) is 3.38. The Hall–Kier alpha value is -2.38. The van der Waals surface area contributed by atoms with Crippen LogP contribution < -0.4 is 4.72 Å². The fourth-order valence-electron chi connectivity index (χ4n) is 3.38. The lowest BCUT2D eigenvalue weighted by atomic mass is 10.1. The van der Waals surface area contributed by atoms with Gasteiger partial charge in [0.2, 0.25) is 5.76 Å². The molecule has 13 heteroatoms. The summed E-state index contributed by atoms with van der Waals surface area (Å²) >= 11 is 4.03. The number of amides is 1. The highest BCUT2D eigenvalue weighted by atomic mass is 79.9. The Labute approximate surface area is 199 Å². The van der Waals surface area contributed by atoms with Crippen molar-refractivity contribution < 1.29 is 30.9 Å². The topological polar surface area (TPSA) is 92.5 Å². The van der Waals surface area contributed by atoms with Crippen LogP contribution in [0.5, 0.6) is 0 Å². The molecule has 4 rings (SSSR count). The Morgan fingerprint density at radius 2 is 1.85 bits per heavy atom. The molecule has 0 radical (unpaired) electrons. The van der Waals surface area contributed by atoms with Crippen molar-refractivity contribution in [2.24, 2.45) is 0 Å². The van der Waals surface area contributed by atoms with Gasteiger partial charge in [0.15, 0.2) is 0 Å². The van der Waals surface area contributed by atoms with Gasteiger partial charge in [-0.15, -0.1) is 11.3 Å². The van der Waals surface area contributed by atoms with Crippen LogP contribution in [-0.2, 0) is 16.2 Å². The molecule has 1 fully saturated rings. The number of anilines is 1. The van der Waals surface area contributed by atoms with Crippen molar-refractivity contribution in [3.8, 4) is 10.6 Å². The minimum absolute atomic E-state index is 0.107. The molecule has 3 aromatic rings. The minimum atomic E-state index is -4.70. The molecule has 0 saturated carbocycles. The molecule has 1 amide bonds. The molecule has 7 nitrogen and oxygen atoms in total. The number of hydrogen-bond donors (Lipinski definition) is 1. The molecule has 1 aliphatic heterocycles. The molecule has 1 N–H and O–H groups in total. The largest absolute Gasteiger partial charge is 0.452 e. The van der Waals surface area contributed by atoms with E-state index in [-0.39, 0.29) is 31.9 Å². The van der Waals surface area contributed by atoms with Crippen molar-refractivity contribution in [3.05, 3.63) is 52.2 Å². The quantitative estimate of drug-likeness (QED) is 0.435. The standard InChI is InChI=1S/C20H17BrF3N3O4S2/c21-12-4-5-13(19(28)27-8-2-1-3-9-27)14(10-12)26-33(29,30)18-7-6-16(32-18)15-11-17(31-25-15)20(22,23)24/h4-7,10-11,26H,1-3,8-9H2. The van der Waals surface area contributed by atoms with Crippen molar-refractivity contribution in [1.82, 2.24) is 10.1 Å². The summed E-state index contributed by atoms with van der Waals surface area (Å²) in [6.07, 6.45) is -1.88. The summed E-state index contributed by atoms with van der Waals surface area (Å²) in [7, 11) is -4.13. The number of alkyl halides is 3. The summed E-state index contributed by atoms with van der Waals surface area (Å²) in [4.78, 5) is 14.9. The van der Waals surface area contributed by atoms with Crippen molar-refractivity contribution in [2.75, 3.05) is 17.8 Å². The van der Waals surface area contributed by atoms with E-state index in [1.54, 1.807) is 17.0 Å².